The van der Waals surface area contributed by atoms with Gasteiger partial charge >= 0.3 is 0 Å². The lowest BCUT2D eigenvalue weighted by Crippen LogP contribution is -2.44. The predicted molar refractivity (Wildman–Crippen MR) is 110 cm³/mol. The number of nitrogens with one attached hydrogen (secondary N) is 2. The highest BCUT2D eigenvalue weighted by Crippen LogP contribution is 2.32. The van der Waals surface area contributed by atoms with Gasteiger partial charge in [-0.3, -0.25) is 4.99 Å². The molecule has 7 nitrogen and oxygen atoms in total. The van der Waals surface area contributed by atoms with Gasteiger partial charge in [-0.25, -0.2) is 0 Å². The monoisotopic (exact) mass is 382 g/mol. The van der Waals surface area contributed by atoms with E-state index >= 15 is 0 Å². The average molecular weight is 382 g/mol. The largest absolute Gasteiger partial charge is 0.495 e. The first-order valence-electron chi connectivity index (χ1n) is 9.50. The molecule has 2 aromatic rings. The van der Waals surface area contributed by atoms with Gasteiger partial charge in [0.05, 0.1) is 12.8 Å². The second-order valence-electron chi connectivity index (χ2n) is 6.86. The van der Waals surface area contributed by atoms with E-state index in [1.807, 2.05) is 36.4 Å². The van der Waals surface area contributed by atoms with Crippen molar-refractivity contribution in [1.82, 2.24) is 10.6 Å². The van der Waals surface area contributed by atoms with Gasteiger partial charge in [0.2, 0.25) is 6.79 Å². The molecule has 0 spiro atoms. The summed E-state index contributed by atoms with van der Waals surface area (Å²) in [6.07, 6.45) is 1.04. The third-order valence-corrected chi connectivity index (χ3v) is 5.08. The molecule has 148 valence electrons. The maximum absolute atomic E-state index is 5.50. The molecule has 1 atom stereocenters. The Hall–Kier alpha value is -3.09. The summed E-state index contributed by atoms with van der Waals surface area (Å²) in [4.78, 5) is 6.71. The standard InChI is InChI=1S/C21H26N4O3/c1-22-21(23-12-15-7-8-19-20(11-15)28-14-27-19)24-16-9-10-25(13-16)17-5-3-4-6-18(17)26-2/h3-8,11,16H,9-10,12-14H2,1-2H3,(H2,22,23,24). The van der Waals surface area contributed by atoms with Gasteiger partial charge in [0.1, 0.15) is 5.75 Å². The molecule has 0 amide bonds. The van der Waals surface area contributed by atoms with Crippen molar-refractivity contribution in [2.24, 2.45) is 4.99 Å². The number of anilines is 1. The minimum absolute atomic E-state index is 0.291. The van der Waals surface area contributed by atoms with Crippen LogP contribution in [0.3, 0.4) is 0 Å². The van der Waals surface area contributed by atoms with Crippen LogP contribution in [0.4, 0.5) is 5.69 Å². The Morgan fingerprint density at radius 1 is 1.21 bits per heavy atom. The molecule has 4 rings (SSSR count). The lowest BCUT2D eigenvalue weighted by molar-refractivity contribution is 0.174. The SMILES string of the molecule is CN=C(NCc1ccc2c(c1)OCO2)NC1CCN(c2ccccc2OC)C1. The number of methoxy groups -OCH3 is 1. The number of fused-ring (bicyclic) bond motifs is 1. The number of aliphatic imine (C=N–C) groups is 1. The van der Waals surface area contributed by atoms with Gasteiger partial charge in [-0.05, 0) is 36.2 Å². The summed E-state index contributed by atoms with van der Waals surface area (Å²) >= 11 is 0. The second kappa shape index (κ2) is 8.29. The summed E-state index contributed by atoms with van der Waals surface area (Å²) in [6, 6.07) is 14.5. The molecular weight excluding hydrogens is 356 g/mol. The van der Waals surface area contributed by atoms with Crippen molar-refractivity contribution in [2.75, 3.05) is 38.9 Å². The van der Waals surface area contributed by atoms with E-state index < -0.39 is 0 Å². The fourth-order valence-electron chi connectivity index (χ4n) is 3.61. The van der Waals surface area contributed by atoms with Gasteiger partial charge in [-0.15, -0.1) is 0 Å². The first-order chi connectivity index (χ1) is 13.8. The van der Waals surface area contributed by atoms with E-state index in [9.17, 15) is 0 Å². The van der Waals surface area contributed by atoms with E-state index in [-0.39, 0.29) is 0 Å². The third-order valence-electron chi connectivity index (χ3n) is 5.08. The normalized spacial score (nSPS) is 18.3. The Morgan fingerprint density at radius 2 is 2.07 bits per heavy atom. The predicted octanol–water partition coefficient (Wildman–Crippen LogP) is 2.37. The van der Waals surface area contributed by atoms with Gasteiger partial charge < -0.3 is 29.7 Å². The van der Waals surface area contributed by atoms with E-state index in [2.05, 4.69) is 26.6 Å². The fourth-order valence-corrected chi connectivity index (χ4v) is 3.61. The molecule has 1 fully saturated rings. The van der Waals surface area contributed by atoms with Crippen LogP contribution in [0.25, 0.3) is 0 Å². The number of benzene rings is 2. The maximum Gasteiger partial charge on any atom is 0.231 e. The van der Waals surface area contributed by atoms with Gasteiger partial charge in [0, 0.05) is 32.7 Å². The molecule has 0 aliphatic carbocycles. The van der Waals surface area contributed by atoms with E-state index in [0.29, 0.717) is 19.4 Å². The summed E-state index contributed by atoms with van der Waals surface area (Å²) in [5.41, 5.74) is 2.26. The molecule has 7 heteroatoms. The van der Waals surface area contributed by atoms with E-state index in [1.54, 1.807) is 14.2 Å². The molecule has 2 heterocycles. The molecule has 2 aromatic carbocycles. The number of ether oxygens (including phenoxy) is 3. The van der Waals surface area contributed by atoms with Gasteiger partial charge in [0.15, 0.2) is 17.5 Å². The fraction of sp³-hybridized carbons (Fsp3) is 0.381. The molecule has 0 bridgehead atoms. The van der Waals surface area contributed by atoms with Crippen LogP contribution in [0.2, 0.25) is 0 Å². The molecular formula is C21H26N4O3. The molecule has 2 aliphatic heterocycles. The van der Waals surface area contributed by atoms with Crippen LogP contribution in [-0.2, 0) is 6.54 Å². The Balaban J connectivity index is 1.32. The highest BCUT2D eigenvalue weighted by atomic mass is 16.7. The summed E-state index contributed by atoms with van der Waals surface area (Å²) in [5, 5.41) is 6.91. The van der Waals surface area contributed by atoms with Crippen molar-refractivity contribution in [3.8, 4) is 17.2 Å². The van der Waals surface area contributed by atoms with Gasteiger partial charge in [-0.2, -0.15) is 0 Å². The van der Waals surface area contributed by atoms with Crippen LogP contribution in [0, 0.1) is 0 Å². The molecule has 2 aliphatic rings. The zero-order valence-electron chi connectivity index (χ0n) is 16.3. The first-order valence-corrected chi connectivity index (χ1v) is 9.50. The van der Waals surface area contributed by atoms with Crippen molar-refractivity contribution in [1.29, 1.82) is 0 Å². The number of guanidine groups is 1. The van der Waals surface area contributed by atoms with Crippen molar-refractivity contribution in [3.63, 3.8) is 0 Å². The highest BCUT2D eigenvalue weighted by Gasteiger charge is 2.25. The van der Waals surface area contributed by atoms with Crippen LogP contribution >= 0.6 is 0 Å². The average Bonchev–Trinajstić information content (AvgIpc) is 3.40. The Labute approximate surface area is 165 Å². The van der Waals surface area contributed by atoms with Crippen LogP contribution in [0.15, 0.2) is 47.5 Å². The summed E-state index contributed by atoms with van der Waals surface area (Å²) in [5.74, 6) is 3.30. The van der Waals surface area contributed by atoms with Gasteiger partial charge in [0.25, 0.3) is 0 Å². The smallest absolute Gasteiger partial charge is 0.231 e. The van der Waals surface area contributed by atoms with Crippen molar-refractivity contribution < 1.29 is 14.2 Å². The van der Waals surface area contributed by atoms with Crippen LogP contribution in [0.5, 0.6) is 17.2 Å². The molecule has 1 saturated heterocycles. The zero-order chi connectivity index (χ0) is 19.3. The van der Waals surface area contributed by atoms with Crippen LogP contribution in [0.1, 0.15) is 12.0 Å². The lowest BCUT2D eigenvalue weighted by Gasteiger charge is -2.22. The van der Waals surface area contributed by atoms with E-state index in [1.165, 1.54) is 0 Å². The van der Waals surface area contributed by atoms with Crippen LogP contribution in [-0.4, -0.2) is 46.0 Å². The Morgan fingerprint density at radius 3 is 2.93 bits per heavy atom. The number of hydrogen-bond donors (Lipinski definition) is 2. The summed E-state index contributed by atoms with van der Waals surface area (Å²) < 4.78 is 16.3. The maximum atomic E-state index is 5.50. The summed E-state index contributed by atoms with van der Waals surface area (Å²) in [6.45, 7) is 2.85. The number of rotatable bonds is 5. The first kappa shape index (κ1) is 18.3. The van der Waals surface area contributed by atoms with E-state index in [4.69, 9.17) is 14.2 Å². The number of hydrogen-bond acceptors (Lipinski definition) is 5. The number of para-hydroxylation sites is 2. The van der Waals surface area contributed by atoms with E-state index in [0.717, 1.165) is 54.0 Å². The molecule has 0 aromatic heterocycles. The van der Waals surface area contributed by atoms with Crippen molar-refractivity contribution >= 4 is 11.6 Å². The Bertz CT molecular complexity index is 855. The summed E-state index contributed by atoms with van der Waals surface area (Å²) in [7, 11) is 3.51. The van der Waals surface area contributed by atoms with Crippen LogP contribution < -0.4 is 29.7 Å². The third kappa shape index (κ3) is 3.93. The van der Waals surface area contributed by atoms with Crippen molar-refractivity contribution in [3.05, 3.63) is 48.0 Å². The van der Waals surface area contributed by atoms with Crippen molar-refractivity contribution in [2.45, 2.75) is 19.0 Å². The van der Waals surface area contributed by atoms with Gasteiger partial charge in [-0.1, -0.05) is 18.2 Å². The second-order valence-corrected chi connectivity index (χ2v) is 6.86. The topological polar surface area (TPSA) is 67.4 Å². The lowest BCUT2D eigenvalue weighted by atomic mass is 10.2. The molecule has 28 heavy (non-hydrogen) atoms. The molecule has 2 N–H and O–H groups in total. The minimum atomic E-state index is 0.291. The Kier molecular flexibility index (Phi) is 5.41. The highest BCUT2D eigenvalue weighted by molar-refractivity contribution is 5.80. The molecule has 1 unspecified atom stereocenters. The molecule has 0 saturated carbocycles. The zero-order valence-corrected chi connectivity index (χ0v) is 16.3. The quantitative estimate of drug-likeness (QED) is 0.611. The minimum Gasteiger partial charge on any atom is -0.495 e. The number of nitrogens with zero attached hydrogens (tertiary/aromatic N) is 2. The molecule has 0 radical (unpaired) electrons.